The highest BCUT2D eigenvalue weighted by Gasteiger charge is 2.29. The molecule has 92 valence electrons. The highest BCUT2D eigenvalue weighted by atomic mass is 35.5. The van der Waals surface area contributed by atoms with Crippen LogP contribution in [0.4, 0.5) is 4.79 Å². The number of urea groups is 1. The molecular formula is C12H15ClN2O2. The maximum Gasteiger partial charge on any atom is 0.318 e. The summed E-state index contributed by atoms with van der Waals surface area (Å²) in [7, 11) is 0. The summed E-state index contributed by atoms with van der Waals surface area (Å²) < 4.78 is 0. The summed E-state index contributed by atoms with van der Waals surface area (Å²) in [5, 5.41) is 12.6. The maximum absolute atomic E-state index is 11.7. The van der Waals surface area contributed by atoms with E-state index in [1.165, 1.54) is 0 Å². The van der Waals surface area contributed by atoms with Crippen molar-refractivity contribution in [1.29, 1.82) is 0 Å². The number of benzene rings is 1. The number of hydrogen-bond donors (Lipinski definition) is 2. The number of carbonyl (C=O) groups is 1. The van der Waals surface area contributed by atoms with E-state index in [2.05, 4.69) is 5.32 Å². The predicted octanol–water partition coefficient (Wildman–Crippen LogP) is 1.79. The van der Waals surface area contributed by atoms with Gasteiger partial charge in [0.2, 0.25) is 0 Å². The molecule has 0 radical (unpaired) electrons. The molecular weight excluding hydrogens is 240 g/mol. The van der Waals surface area contributed by atoms with Crippen LogP contribution in [-0.2, 0) is 0 Å². The average molecular weight is 255 g/mol. The number of nitrogens with zero attached hydrogens (tertiary/aromatic N) is 1. The van der Waals surface area contributed by atoms with Crippen molar-refractivity contribution in [1.82, 2.24) is 10.2 Å². The maximum atomic E-state index is 11.7. The Morgan fingerprint density at radius 1 is 1.53 bits per heavy atom. The molecule has 4 nitrogen and oxygen atoms in total. The first-order valence-electron chi connectivity index (χ1n) is 5.56. The monoisotopic (exact) mass is 254 g/mol. The van der Waals surface area contributed by atoms with Crippen molar-refractivity contribution < 1.29 is 9.90 Å². The molecule has 1 aromatic rings. The Bertz CT molecular complexity index is 419. The predicted molar refractivity (Wildman–Crippen MR) is 66.0 cm³/mol. The summed E-state index contributed by atoms with van der Waals surface area (Å²) in [6.07, 6.45) is -0.378. The lowest BCUT2D eigenvalue weighted by Gasteiger charge is -2.36. The van der Waals surface area contributed by atoms with E-state index in [0.717, 1.165) is 5.56 Å². The zero-order valence-electron chi connectivity index (χ0n) is 9.56. The van der Waals surface area contributed by atoms with Gasteiger partial charge in [-0.3, -0.25) is 0 Å². The van der Waals surface area contributed by atoms with Gasteiger partial charge in [-0.1, -0.05) is 29.8 Å². The number of rotatable bonds is 2. The molecule has 0 bridgehead atoms. The number of amides is 2. The topological polar surface area (TPSA) is 52.6 Å². The second-order valence-corrected chi connectivity index (χ2v) is 4.66. The minimum atomic E-state index is -0.378. The third kappa shape index (κ3) is 2.70. The van der Waals surface area contributed by atoms with Crippen molar-refractivity contribution >= 4 is 17.6 Å². The molecule has 1 heterocycles. The first-order valence-corrected chi connectivity index (χ1v) is 5.93. The van der Waals surface area contributed by atoms with Gasteiger partial charge in [-0.15, -0.1) is 0 Å². The van der Waals surface area contributed by atoms with E-state index in [-0.39, 0.29) is 18.2 Å². The van der Waals surface area contributed by atoms with Crippen LogP contribution in [-0.4, -0.2) is 35.2 Å². The largest absolute Gasteiger partial charge is 0.389 e. The van der Waals surface area contributed by atoms with E-state index in [1.54, 1.807) is 11.0 Å². The van der Waals surface area contributed by atoms with Crippen LogP contribution >= 0.6 is 11.6 Å². The summed E-state index contributed by atoms with van der Waals surface area (Å²) in [5.41, 5.74) is 0.892. The highest BCUT2D eigenvalue weighted by molar-refractivity contribution is 6.31. The molecule has 0 aromatic heterocycles. The number of likely N-dealkylation sites (tertiary alicyclic amines) is 1. The molecule has 0 unspecified atom stereocenters. The van der Waals surface area contributed by atoms with Gasteiger partial charge in [0, 0.05) is 5.02 Å². The van der Waals surface area contributed by atoms with E-state index in [1.807, 2.05) is 25.1 Å². The van der Waals surface area contributed by atoms with E-state index in [4.69, 9.17) is 16.7 Å². The number of hydrogen-bond acceptors (Lipinski definition) is 2. The van der Waals surface area contributed by atoms with Crippen LogP contribution in [0.2, 0.25) is 5.02 Å². The average Bonchev–Trinajstić information content (AvgIpc) is 2.25. The normalized spacial score (nSPS) is 17.5. The Morgan fingerprint density at radius 3 is 2.76 bits per heavy atom. The second kappa shape index (κ2) is 4.94. The highest BCUT2D eigenvalue weighted by Crippen LogP contribution is 2.22. The van der Waals surface area contributed by atoms with Gasteiger partial charge in [0.15, 0.2) is 0 Å². The number of aliphatic hydroxyl groups excluding tert-OH is 1. The smallest absolute Gasteiger partial charge is 0.318 e. The fourth-order valence-corrected chi connectivity index (χ4v) is 2.10. The van der Waals surface area contributed by atoms with E-state index in [9.17, 15) is 4.79 Å². The number of β-amino-alcohol motifs (C(OH)–C–C–N with tert-alkyl or cyclic N) is 1. The molecule has 2 rings (SSSR count). The van der Waals surface area contributed by atoms with Crippen molar-refractivity contribution in [3.63, 3.8) is 0 Å². The van der Waals surface area contributed by atoms with Crippen molar-refractivity contribution in [2.75, 3.05) is 13.1 Å². The SMILES string of the molecule is C[C@H](NC(=O)N1CC(O)C1)c1ccccc1Cl. The summed E-state index contributed by atoms with van der Waals surface area (Å²) in [6.45, 7) is 2.69. The van der Waals surface area contributed by atoms with Gasteiger partial charge in [0.1, 0.15) is 0 Å². The molecule has 1 aliphatic rings. The third-order valence-corrected chi connectivity index (χ3v) is 3.21. The standard InChI is InChI=1S/C12H15ClN2O2/c1-8(10-4-2-3-5-11(10)13)14-12(17)15-6-9(16)7-15/h2-5,8-9,16H,6-7H2,1H3,(H,14,17)/t8-/m0/s1. The number of aliphatic hydroxyl groups is 1. The number of carbonyl (C=O) groups excluding carboxylic acids is 1. The van der Waals surface area contributed by atoms with Gasteiger partial charge in [0.25, 0.3) is 0 Å². The van der Waals surface area contributed by atoms with Gasteiger partial charge in [-0.2, -0.15) is 0 Å². The zero-order valence-corrected chi connectivity index (χ0v) is 10.3. The van der Waals surface area contributed by atoms with E-state index >= 15 is 0 Å². The lowest BCUT2D eigenvalue weighted by atomic mass is 10.1. The summed E-state index contributed by atoms with van der Waals surface area (Å²) in [4.78, 5) is 13.3. The summed E-state index contributed by atoms with van der Waals surface area (Å²) in [6, 6.07) is 7.12. The van der Waals surface area contributed by atoms with E-state index in [0.29, 0.717) is 18.1 Å². The van der Waals surface area contributed by atoms with Gasteiger partial charge in [-0.25, -0.2) is 4.79 Å². The van der Waals surface area contributed by atoms with Crippen LogP contribution in [0.3, 0.4) is 0 Å². The van der Waals surface area contributed by atoms with Crippen LogP contribution in [0.1, 0.15) is 18.5 Å². The fraction of sp³-hybridized carbons (Fsp3) is 0.417. The zero-order chi connectivity index (χ0) is 12.4. The molecule has 1 aromatic carbocycles. The molecule has 17 heavy (non-hydrogen) atoms. The van der Waals surface area contributed by atoms with Crippen molar-refractivity contribution in [2.45, 2.75) is 19.1 Å². The molecule has 1 saturated heterocycles. The number of halogens is 1. The molecule has 0 saturated carbocycles. The molecule has 0 spiro atoms. The van der Waals surface area contributed by atoms with Gasteiger partial charge in [0.05, 0.1) is 25.2 Å². The lowest BCUT2D eigenvalue weighted by molar-refractivity contribution is 0.0259. The van der Waals surface area contributed by atoms with Crippen molar-refractivity contribution in [3.8, 4) is 0 Å². The van der Waals surface area contributed by atoms with Crippen molar-refractivity contribution in [3.05, 3.63) is 34.9 Å². The molecule has 2 N–H and O–H groups in total. The van der Waals surface area contributed by atoms with Gasteiger partial charge in [-0.05, 0) is 18.6 Å². The first kappa shape index (κ1) is 12.2. The molecule has 0 aliphatic carbocycles. The molecule has 5 heteroatoms. The van der Waals surface area contributed by atoms with Crippen LogP contribution in [0, 0.1) is 0 Å². The van der Waals surface area contributed by atoms with Gasteiger partial charge >= 0.3 is 6.03 Å². The Balaban J connectivity index is 1.95. The Morgan fingerprint density at radius 2 is 2.18 bits per heavy atom. The Kier molecular flexibility index (Phi) is 3.54. The summed E-state index contributed by atoms with van der Waals surface area (Å²) >= 11 is 6.05. The minimum Gasteiger partial charge on any atom is -0.389 e. The van der Waals surface area contributed by atoms with Crippen LogP contribution < -0.4 is 5.32 Å². The van der Waals surface area contributed by atoms with Crippen LogP contribution in [0.25, 0.3) is 0 Å². The molecule has 2 amide bonds. The van der Waals surface area contributed by atoms with Crippen molar-refractivity contribution in [2.24, 2.45) is 0 Å². The minimum absolute atomic E-state index is 0.144. The van der Waals surface area contributed by atoms with E-state index < -0.39 is 0 Å². The molecule has 1 atom stereocenters. The lowest BCUT2D eigenvalue weighted by Crippen LogP contribution is -2.56. The first-order chi connectivity index (χ1) is 8.08. The van der Waals surface area contributed by atoms with Crippen LogP contribution in [0.5, 0.6) is 0 Å². The van der Waals surface area contributed by atoms with Crippen LogP contribution in [0.15, 0.2) is 24.3 Å². The molecule has 1 aliphatic heterocycles. The third-order valence-electron chi connectivity index (χ3n) is 2.86. The molecule has 1 fully saturated rings. The van der Waals surface area contributed by atoms with Gasteiger partial charge < -0.3 is 15.3 Å². The quantitative estimate of drug-likeness (QED) is 0.845. The fourth-order valence-electron chi connectivity index (χ4n) is 1.80. The Labute approximate surface area is 105 Å². The summed E-state index contributed by atoms with van der Waals surface area (Å²) in [5.74, 6) is 0. The number of nitrogens with one attached hydrogen (secondary N) is 1. The Hall–Kier alpha value is -1.26. The second-order valence-electron chi connectivity index (χ2n) is 4.25.